The molecule has 1 aromatic heterocycles. The molecular formula is C12H20N4O2. The number of anilines is 1. The Balaban J connectivity index is 2.61. The minimum atomic E-state index is -0.164. The van der Waals surface area contributed by atoms with Gasteiger partial charge in [0, 0.05) is 37.9 Å². The minimum absolute atomic E-state index is 0.0369. The van der Waals surface area contributed by atoms with Crippen molar-refractivity contribution in [2.45, 2.75) is 33.2 Å². The summed E-state index contributed by atoms with van der Waals surface area (Å²) in [6, 6.07) is 0.0874. The Morgan fingerprint density at radius 2 is 2.22 bits per heavy atom. The number of hydrogen-bond acceptors (Lipinski definition) is 4. The Morgan fingerprint density at radius 1 is 1.50 bits per heavy atom. The zero-order valence-electron chi connectivity index (χ0n) is 11.1. The molecular weight excluding hydrogens is 232 g/mol. The zero-order valence-corrected chi connectivity index (χ0v) is 11.1. The van der Waals surface area contributed by atoms with Gasteiger partial charge in [-0.1, -0.05) is 0 Å². The highest BCUT2D eigenvalue weighted by Gasteiger charge is 2.07. The molecule has 1 rings (SSSR count). The molecule has 6 heteroatoms. The van der Waals surface area contributed by atoms with Crippen molar-refractivity contribution in [2.24, 2.45) is 0 Å². The van der Waals surface area contributed by atoms with E-state index in [1.54, 1.807) is 17.0 Å². The van der Waals surface area contributed by atoms with Gasteiger partial charge in [-0.3, -0.25) is 9.59 Å². The van der Waals surface area contributed by atoms with Crippen LogP contribution in [-0.4, -0.2) is 28.5 Å². The van der Waals surface area contributed by atoms with Gasteiger partial charge in [0.15, 0.2) is 5.82 Å². The molecule has 100 valence electrons. The van der Waals surface area contributed by atoms with Crippen LogP contribution in [0.15, 0.2) is 17.2 Å². The molecule has 0 aliphatic carbocycles. The summed E-state index contributed by atoms with van der Waals surface area (Å²) in [4.78, 5) is 27.2. The van der Waals surface area contributed by atoms with Gasteiger partial charge in [0.05, 0.1) is 0 Å². The van der Waals surface area contributed by atoms with E-state index >= 15 is 0 Å². The quantitative estimate of drug-likeness (QED) is 0.784. The largest absolute Gasteiger partial charge is 0.365 e. The predicted octanol–water partition coefficient (Wildman–Crippen LogP) is 0.762. The van der Waals surface area contributed by atoms with E-state index in [1.807, 2.05) is 20.8 Å². The predicted molar refractivity (Wildman–Crippen MR) is 70.7 cm³/mol. The van der Waals surface area contributed by atoms with Crippen molar-refractivity contribution in [3.63, 3.8) is 0 Å². The summed E-state index contributed by atoms with van der Waals surface area (Å²) < 4.78 is 1.60. The number of rotatable bonds is 6. The highest BCUT2D eigenvalue weighted by molar-refractivity contribution is 5.76. The molecule has 0 radical (unpaired) electrons. The monoisotopic (exact) mass is 252 g/mol. The molecule has 0 bridgehead atoms. The molecule has 18 heavy (non-hydrogen) atoms. The molecule has 0 aliphatic heterocycles. The van der Waals surface area contributed by atoms with Gasteiger partial charge < -0.3 is 15.2 Å². The molecule has 0 fully saturated rings. The fourth-order valence-electron chi connectivity index (χ4n) is 1.53. The van der Waals surface area contributed by atoms with Crippen molar-refractivity contribution >= 4 is 11.7 Å². The van der Waals surface area contributed by atoms with E-state index in [4.69, 9.17) is 0 Å². The lowest BCUT2D eigenvalue weighted by Gasteiger charge is -2.11. The van der Waals surface area contributed by atoms with Crippen molar-refractivity contribution in [2.75, 3.05) is 18.4 Å². The fourth-order valence-corrected chi connectivity index (χ4v) is 1.53. The van der Waals surface area contributed by atoms with Gasteiger partial charge in [-0.2, -0.15) is 0 Å². The molecule has 1 aromatic rings. The van der Waals surface area contributed by atoms with E-state index in [1.165, 1.54) is 0 Å². The number of amides is 1. The normalized spacial score (nSPS) is 10.4. The number of nitrogens with one attached hydrogen (secondary N) is 2. The van der Waals surface area contributed by atoms with Crippen LogP contribution in [0.25, 0.3) is 0 Å². The van der Waals surface area contributed by atoms with Gasteiger partial charge in [-0.15, -0.1) is 0 Å². The standard InChI is InChI=1S/C12H20N4O2/c1-4-13-10(17)5-6-14-11-12(18)16(9(2)3)8-7-15-11/h7-9H,4-6H2,1-3H3,(H,13,17)(H,14,15). The first-order chi connectivity index (χ1) is 8.56. The maximum atomic E-state index is 11.9. The SMILES string of the molecule is CCNC(=O)CCNc1nccn(C(C)C)c1=O. The first kappa shape index (κ1) is 14.2. The third-order valence-corrected chi connectivity index (χ3v) is 2.44. The summed E-state index contributed by atoms with van der Waals surface area (Å²) in [6.45, 7) is 6.74. The first-order valence-corrected chi connectivity index (χ1v) is 6.14. The maximum Gasteiger partial charge on any atom is 0.293 e. The highest BCUT2D eigenvalue weighted by Crippen LogP contribution is 2.01. The third-order valence-electron chi connectivity index (χ3n) is 2.44. The van der Waals surface area contributed by atoms with Crippen LogP contribution in [0, 0.1) is 0 Å². The summed E-state index contributed by atoms with van der Waals surface area (Å²) in [7, 11) is 0. The molecule has 0 atom stereocenters. The van der Waals surface area contributed by atoms with Gasteiger partial charge in [0.2, 0.25) is 5.91 Å². The molecule has 0 saturated carbocycles. The zero-order chi connectivity index (χ0) is 13.5. The van der Waals surface area contributed by atoms with E-state index in [9.17, 15) is 9.59 Å². The lowest BCUT2D eigenvalue weighted by Crippen LogP contribution is -2.28. The first-order valence-electron chi connectivity index (χ1n) is 6.14. The average molecular weight is 252 g/mol. The summed E-state index contributed by atoms with van der Waals surface area (Å²) in [5, 5.41) is 5.59. The molecule has 1 amide bonds. The molecule has 6 nitrogen and oxygen atoms in total. The van der Waals surface area contributed by atoms with Crippen LogP contribution in [0.3, 0.4) is 0 Å². The van der Waals surface area contributed by atoms with E-state index in [2.05, 4.69) is 15.6 Å². The topological polar surface area (TPSA) is 76.0 Å². The van der Waals surface area contributed by atoms with E-state index in [0.29, 0.717) is 19.5 Å². The van der Waals surface area contributed by atoms with Crippen LogP contribution in [0.4, 0.5) is 5.82 Å². The van der Waals surface area contributed by atoms with Crippen LogP contribution >= 0.6 is 0 Å². The Labute approximate surface area is 106 Å². The molecule has 0 aromatic carbocycles. The minimum Gasteiger partial charge on any atom is -0.365 e. The summed E-state index contributed by atoms with van der Waals surface area (Å²) in [6.07, 6.45) is 3.56. The Bertz CT molecular complexity index is 454. The van der Waals surface area contributed by atoms with E-state index in [0.717, 1.165) is 0 Å². The van der Waals surface area contributed by atoms with Crippen LogP contribution < -0.4 is 16.2 Å². The molecule has 0 aliphatic rings. The third kappa shape index (κ3) is 3.87. The Hall–Kier alpha value is -1.85. The van der Waals surface area contributed by atoms with E-state index in [-0.39, 0.29) is 23.3 Å². The van der Waals surface area contributed by atoms with Gasteiger partial charge in [0.25, 0.3) is 5.56 Å². The van der Waals surface area contributed by atoms with Crippen molar-refractivity contribution in [3.8, 4) is 0 Å². The summed E-state index contributed by atoms with van der Waals surface area (Å²) in [5.74, 6) is 0.251. The average Bonchev–Trinajstić information content (AvgIpc) is 2.31. The van der Waals surface area contributed by atoms with Crippen molar-refractivity contribution in [3.05, 3.63) is 22.7 Å². The van der Waals surface area contributed by atoms with Crippen LogP contribution in [0.5, 0.6) is 0 Å². The van der Waals surface area contributed by atoms with Gasteiger partial charge in [-0.25, -0.2) is 4.98 Å². The Kier molecular flexibility index (Phi) is 5.35. The summed E-state index contributed by atoms with van der Waals surface area (Å²) in [5.41, 5.74) is -0.164. The number of carbonyl (C=O) groups is 1. The number of aromatic nitrogens is 2. The molecule has 0 saturated heterocycles. The lowest BCUT2D eigenvalue weighted by molar-refractivity contribution is -0.120. The van der Waals surface area contributed by atoms with Crippen molar-refractivity contribution < 1.29 is 4.79 Å². The number of carbonyl (C=O) groups excluding carboxylic acids is 1. The highest BCUT2D eigenvalue weighted by atomic mass is 16.1. The second-order valence-corrected chi connectivity index (χ2v) is 4.21. The van der Waals surface area contributed by atoms with Gasteiger partial charge in [0.1, 0.15) is 0 Å². The number of hydrogen-bond donors (Lipinski definition) is 2. The number of nitrogens with zero attached hydrogens (tertiary/aromatic N) is 2. The van der Waals surface area contributed by atoms with Gasteiger partial charge >= 0.3 is 0 Å². The molecule has 1 heterocycles. The molecule has 0 unspecified atom stereocenters. The Morgan fingerprint density at radius 3 is 2.83 bits per heavy atom. The van der Waals surface area contributed by atoms with Crippen molar-refractivity contribution in [1.82, 2.24) is 14.9 Å². The lowest BCUT2D eigenvalue weighted by atomic mass is 10.3. The van der Waals surface area contributed by atoms with Crippen LogP contribution in [-0.2, 0) is 4.79 Å². The second-order valence-electron chi connectivity index (χ2n) is 4.21. The van der Waals surface area contributed by atoms with Crippen LogP contribution in [0.2, 0.25) is 0 Å². The van der Waals surface area contributed by atoms with Crippen LogP contribution in [0.1, 0.15) is 33.2 Å². The fraction of sp³-hybridized carbons (Fsp3) is 0.583. The second kappa shape index (κ2) is 6.78. The van der Waals surface area contributed by atoms with Gasteiger partial charge in [-0.05, 0) is 20.8 Å². The molecule has 0 spiro atoms. The van der Waals surface area contributed by atoms with E-state index < -0.39 is 0 Å². The maximum absolute atomic E-state index is 11.9. The smallest absolute Gasteiger partial charge is 0.293 e. The molecule has 2 N–H and O–H groups in total. The summed E-state index contributed by atoms with van der Waals surface area (Å²) >= 11 is 0. The van der Waals surface area contributed by atoms with Crippen molar-refractivity contribution in [1.29, 1.82) is 0 Å².